The van der Waals surface area contributed by atoms with Gasteiger partial charge in [0.25, 0.3) is 0 Å². The summed E-state index contributed by atoms with van der Waals surface area (Å²) in [5.41, 5.74) is -0.563. The summed E-state index contributed by atoms with van der Waals surface area (Å²) in [6.45, 7) is 1.78. The molecule has 0 unspecified atom stereocenters. The Morgan fingerprint density at radius 2 is 1.90 bits per heavy atom. The monoisotopic (exact) mass is 349 g/mol. The maximum absolute atomic E-state index is 13.1. The van der Waals surface area contributed by atoms with Crippen molar-refractivity contribution in [2.75, 3.05) is 0 Å². The Hall–Kier alpha value is -1.63. The molecular formula is C13H8BrF4NO. The summed E-state index contributed by atoms with van der Waals surface area (Å²) in [5, 5.41) is 0. The van der Waals surface area contributed by atoms with Gasteiger partial charge in [-0.1, -0.05) is 0 Å². The van der Waals surface area contributed by atoms with Gasteiger partial charge in [-0.2, -0.15) is 13.2 Å². The molecule has 2 aromatic rings. The van der Waals surface area contributed by atoms with E-state index in [9.17, 15) is 17.6 Å². The maximum atomic E-state index is 13.1. The first-order chi connectivity index (χ1) is 9.29. The second kappa shape index (κ2) is 5.40. The second-order valence-corrected chi connectivity index (χ2v) is 4.78. The van der Waals surface area contributed by atoms with Crippen LogP contribution >= 0.6 is 15.9 Å². The fourth-order valence-corrected chi connectivity index (χ4v) is 1.80. The van der Waals surface area contributed by atoms with E-state index in [0.29, 0.717) is 16.6 Å². The SMILES string of the molecule is Cc1ccnc(Oc2ccc(F)c(C(F)(F)F)c2)c1Br. The molecule has 0 radical (unpaired) electrons. The zero-order chi connectivity index (χ0) is 14.9. The van der Waals surface area contributed by atoms with E-state index < -0.39 is 17.6 Å². The summed E-state index contributed by atoms with van der Waals surface area (Å²) < 4.78 is 56.7. The van der Waals surface area contributed by atoms with Gasteiger partial charge in [0.1, 0.15) is 11.6 Å². The normalized spacial score (nSPS) is 11.5. The van der Waals surface area contributed by atoms with Gasteiger partial charge in [0.05, 0.1) is 10.0 Å². The Balaban J connectivity index is 2.38. The van der Waals surface area contributed by atoms with E-state index in [0.717, 1.165) is 11.6 Å². The van der Waals surface area contributed by atoms with Crippen LogP contribution in [0.4, 0.5) is 17.6 Å². The lowest BCUT2D eigenvalue weighted by atomic mass is 10.2. The Morgan fingerprint density at radius 1 is 1.20 bits per heavy atom. The Morgan fingerprint density at radius 3 is 2.55 bits per heavy atom. The van der Waals surface area contributed by atoms with Crippen molar-refractivity contribution in [1.29, 1.82) is 0 Å². The van der Waals surface area contributed by atoms with Gasteiger partial charge in [-0.15, -0.1) is 0 Å². The van der Waals surface area contributed by atoms with Crippen molar-refractivity contribution in [3.63, 3.8) is 0 Å². The highest BCUT2D eigenvalue weighted by Crippen LogP contribution is 2.36. The van der Waals surface area contributed by atoms with Crippen molar-refractivity contribution in [2.24, 2.45) is 0 Å². The van der Waals surface area contributed by atoms with Crippen molar-refractivity contribution in [2.45, 2.75) is 13.1 Å². The molecule has 7 heteroatoms. The standard InChI is InChI=1S/C13H8BrF4NO/c1-7-4-5-19-12(11(7)14)20-8-2-3-10(15)9(6-8)13(16,17)18/h2-6H,1H3. The highest BCUT2D eigenvalue weighted by molar-refractivity contribution is 9.10. The molecule has 0 N–H and O–H groups in total. The molecule has 0 aliphatic carbocycles. The van der Waals surface area contributed by atoms with Gasteiger partial charge in [0.2, 0.25) is 5.88 Å². The molecule has 0 bridgehead atoms. The molecule has 0 saturated heterocycles. The molecule has 0 saturated carbocycles. The van der Waals surface area contributed by atoms with E-state index >= 15 is 0 Å². The summed E-state index contributed by atoms with van der Waals surface area (Å²) in [4.78, 5) is 3.90. The Bertz CT molecular complexity index is 643. The summed E-state index contributed by atoms with van der Waals surface area (Å²) >= 11 is 3.23. The highest BCUT2D eigenvalue weighted by Gasteiger charge is 2.34. The number of rotatable bonds is 2. The predicted octanol–water partition coefficient (Wildman–Crippen LogP) is 5.10. The van der Waals surface area contributed by atoms with Crippen molar-refractivity contribution in [1.82, 2.24) is 4.98 Å². The average molecular weight is 350 g/mol. The topological polar surface area (TPSA) is 22.1 Å². The van der Waals surface area contributed by atoms with E-state index in [4.69, 9.17) is 4.74 Å². The third-order valence-corrected chi connectivity index (χ3v) is 3.47. The first-order valence-corrected chi connectivity index (χ1v) is 6.24. The van der Waals surface area contributed by atoms with Crippen molar-refractivity contribution < 1.29 is 22.3 Å². The molecule has 2 rings (SSSR count). The number of pyridine rings is 1. The van der Waals surface area contributed by atoms with Gasteiger partial charge in [-0.25, -0.2) is 9.37 Å². The van der Waals surface area contributed by atoms with Crippen LogP contribution < -0.4 is 4.74 Å². The lowest BCUT2D eigenvalue weighted by Crippen LogP contribution is -2.08. The molecule has 106 valence electrons. The number of aromatic nitrogens is 1. The number of hydrogen-bond donors (Lipinski definition) is 0. The minimum absolute atomic E-state index is 0.115. The third kappa shape index (κ3) is 3.09. The molecule has 0 amide bonds. The van der Waals surface area contributed by atoms with E-state index in [-0.39, 0.29) is 11.6 Å². The van der Waals surface area contributed by atoms with Crippen LogP contribution in [0.1, 0.15) is 11.1 Å². The minimum atomic E-state index is -4.78. The van der Waals surface area contributed by atoms with Crippen molar-refractivity contribution in [3.8, 4) is 11.6 Å². The van der Waals surface area contributed by atoms with Crippen LogP contribution in [0.15, 0.2) is 34.9 Å². The number of hydrogen-bond acceptors (Lipinski definition) is 2. The molecule has 0 atom stereocenters. The second-order valence-electron chi connectivity index (χ2n) is 3.99. The van der Waals surface area contributed by atoms with Gasteiger partial charge >= 0.3 is 6.18 Å². The van der Waals surface area contributed by atoms with Gasteiger partial charge in [0, 0.05) is 6.20 Å². The number of ether oxygens (including phenoxy) is 1. The number of benzene rings is 1. The summed E-state index contributed by atoms with van der Waals surface area (Å²) in [6.07, 6.45) is -3.32. The predicted molar refractivity (Wildman–Crippen MR) is 68.2 cm³/mol. The van der Waals surface area contributed by atoms with E-state index in [1.54, 1.807) is 13.0 Å². The zero-order valence-electron chi connectivity index (χ0n) is 10.1. The van der Waals surface area contributed by atoms with Crippen LogP contribution in [0.5, 0.6) is 11.6 Å². The molecule has 1 aromatic carbocycles. The molecule has 0 fully saturated rings. The smallest absolute Gasteiger partial charge is 0.419 e. The molecule has 0 aliphatic heterocycles. The number of nitrogens with zero attached hydrogens (tertiary/aromatic N) is 1. The summed E-state index contributed by atoms with van der Waals surface area (Å²) in [5.74, 6) is -1.37. The lowest BCUT2D eigenvalue weighted by molar-refractivity contribution is -0.140. The summed E-state index contributed by atoms with van der Waals surface area (Å²) in [7, 11) is 0. The van der Waals surface area contributed by atoms with Crippen LogP contribution in [0, 0.1) is 12.7 Å². The molecule has 2 nitrogen and oxygen atoms in total. The molecule has 1 heterocycles. The van der Waals surface area contributed by atoms with Crippen LogP contribution in [0.3, 0.4) is 0 Å². The molecule has 0 spiro atoms. The fraction of sp³-hybridized carbons (Fsp3) is 0.154. The van der Waals surface area contributed by atoms with Gasteiger partial charge in [0.15, 0.2) is 0 Å². The van der Waals surface area contributed by atoms with Crippen LogP contribution in [0.25, 0.3) is 0 Å². The Kier molecular flexibility index (Phi) is 3.99. The molecular weight excluding hydrogens is 342 g/mol. The van der Waals surface area contributed by atoms with Crippen LogP contribution in [-0.4, -0.2) is 4.98 Å². The van der Waals surface area contributed by atoms with Gasteiger partial charge in [-0.3, -0.25) is 0 Å². The van der Waals surface area contributed by atoms with Crippen molar-refractivity contribution >= 4 is 15.9 Å². The van der Waals surface area contributed by atoms with Gasteiger partial charge in [-0.05, 0) is 52.7 Å². The first-order valence-electron chi connectivity index (χ1n) is 5.45. The van der Waals surface area contributed by atoms with Crippen LogP contribution in [-0.2, 0) is 6.18 Å². The molecule has 20 heavy (non-hydrogen) atoms. The largest absolute Gasteiger partial charge is 0.438 e. The first kappa shape index (κ1) is 14.8. The van der Waals surface area contributed by atoms with Crippen LogP contribution in [0.2, 0.25) is 0 Å². The van der Waals surface area contributed by atoms with E-state index in [2.05, 4.69) is 20.9 Å². The van der Waals surface area contributed by atoms with Gasteiger partial charge < -0.3 is 4.74 Å². The quantitative estimate of drug-likeness (QED) is 0.703. The highest BCUT2D eigenvalue weighted by atomic mass is 79.9. The third-order valence-electron chi connectivity index (χ3n) is 2.51. The number of alkyl halides is 3. The number of halogens is 5. The lowest BCUT2D eigenvalue weighted by Gasteiger charge is -2.11. The van der Waals surface area contributed by atoms with E-state index in [1.807, 2.05) is 0 Å². The zero-order valence-corrected chi connectivity index (χ0v) is 11.7. The van der Waals surface area contributed by atoms with E-state index in [1.165, 1.54) is 6.20 Å². The average Bonchev–Trinajstić information content (AvgIpc) is 2.36. The molecule has 1 aromatic heterocycles. The number of aryl methyl sites for hydroxylation is 1. The Labute approximate surface area is 120 Å². The fourth-order valence-electron chi connectivity index (χ4n) is 1.48. The van der Waals surface area contributed by atoms with Crippen molar-refractivity contribution in [3.05, 3.63) is 51.9 Å². The maximum Gasteiger partial charge on any atom is 0.419 e. The minimum Gasteiger partial charge on any atom is -0.438 e. The summed E-state index contributed by atoms with van der Waals surface area (Å²) in [6, 6.07) is 4.14. The molecule has 0 aliphatic rings.